The monoisotopic (exact) mass is 1600 g/mol. The van der Waals surface area contributed by atoms with Gasteiger partial charge in [0.1, 0.15) is 0 Å². The minimum atomic E-state index is 0.454. The average molecular weight is 1600 g/mol. The molecule has 18 rings (SSSR count). The van der Waals surface area contributed by atoms with E-state index in [1.165, 1.54) is 22.3 Å². The molecule has 18 aromatic rings. The second-order valence-corrected chi connectivity index (χ2v) is 33.2. The molecule has 0 N–H and O–H groups in total. The van der Waals surface area contributed by atoms with Crippen molar-refractivity contribution in [2.24, 2.45) is 0 Å². The maximum absolute atomic E-state index is 5.25. The Morgan fingerprint density at radius 2 is 0.331 bits per heavy atom. The molecule has 0 aliphatic rings. The van der Waals surface area contributed by atoms with E-state index in [1.807, 2.05) is 37.2 Å². The summed E-state index contributed by atoms with van der Waals surface area (Å²) in [4.78, 5) is 29.9. The lowest BCUT2D eigenvalue weighted by Crippen LogP contribution is -1.94. The Hall–Kier alpha value is -14.5. The third kappa shape index (κ3) is 17.1. The summed E-state index contributed by atoms with van der Waals surface area (Å²) in [6.07, 6.45) is 16.1. The van der Waals surface area contributed by atoms with Gasteiger partial charge in [0.05, 0.1) is 34.2 Å². The molecule has 4 unspecified atom stereocenters. The first-order chi connectivity index (χ1) is 60.9. The van der Waals surface area contributed by atoms with Gasteiger partial charge in [0.25, 0.3) is 0 Å². The van der Waals surface area contributed by atoms with Crippen LogP contribution in [0.15, 0.2) is 389 Å². The fourth-order valence-corrected chi connectivity index (χ4v) is 17.4. The summed E-state index contributed by atoms with van der Waals surface area (Å²) < 4.78 is 0. The summed E-state index contributed by atoms with van der Waals surface area (Å²) in [6.45, 7) is 18.1. The standard InChI is InChI=1S/C118H100N6/c1-9-77(5)89-57-61-119-115(71-89)85-45-37-81(38-46-85)101-25-13-19-31-107(101)95-65-96(108-32-20-14-26-102(108)82-39-47-86(48-40-82)116-72-90(58-62-120-116)78(6)10-2)68-99(67-95)111-35-23-17-29-105(111)93-53-55-113(123-75-93)114-56-54-94(76-124-114)106-30-18-24-36-112(106)100-69-97(109-33-21-15-27-103(109)83-41-49-87(50-42-83)117-73-91(59-63-121-117)79(7)11-3)66-98(70-100)110-34-22-16-28-104(110)84-43-51-88(52-44-84)118-74-92(60-64-122-118)80(8)12-4/h13-80H,9-12H2,1-8H3. The predicted molar refractivity (Wildman–Crippen MR) is 520 cm³/mol. The molecule has 6 heterocycles. The zero-order valence-electron chi connectivity index (χ0n) is 71.8. The summed E-state index contributed by atoms with van der Waals surface area (Å²) in [5, 5.41) is 0. The lowest BCUT2D eigenvalue weighted by Gasteiger charge is -2.18. The number of nitrogens with zero attached hydrogens (tertiary/aromatic N) is 6. The quantitative estimate of drug-likeness (QED) is 0.0567. The molecular weight excluding hydrogens is 1500 g/mol. The van der Waals surface area contributed by atoms with Crippen LogP contribution in [0.25, 0.3) is 190 Å². The number of benzene rings is 12. The number of hydrogen-bond acceptors (Lipinski definition) is 6. The van der Waals surface area contributed by atoms with Crippen molar-refractivity contribution in [2.45, 2.75) is 105 Å². The lowest BCUT2D eigenvalue weighted by molar-refractivity contribution is 0.732. The molecule has 0 aliphatic heterocycles. The largest absolute Gasteiger partial charge is 0.256 e. The van der Waals surface area contributed by atoms with Crippen LogP contribution in [-0.4, -0.2) is 29.9 Å². The molecule has 4 atom stereocenters. The summed E-state index contributed by atoms with van der Waals surface area (Å²) in [5.74, 6) is 1.81. The van der Waals surface area contributed by atoms with Crippen LogP contribution < -0.4 is 0 Å². The Kier molecular flexibility index (Phi) is 23.7. The molecule has 12 aromatic carbocycles. The first kappa shape index (κ1) is 80.6. The van der Waals surface area contributed by atoms with Gasteiger partial charge in [0.2, 0.25) is 0 Å². The van der Waals surface area contributed by atoms with Gasteiger partial charge < -0.3 is 0 Å². The van der Waals surface area contributed by atoms with Crippen LogP contribution in [0.3, 0.4) is 0 Å². The molecular formula is C118H100N6. The van der Waals surface area contributed by atoms with Crippen molar-refractivity contribution in [3.05, 3.63) is 411 Å². The van der Waals surface area contributed by atoms with E-state index in [2.05, 4.69) is 407 Å². The van der Waals surface area contributed by atoms with Gasteiger partial charge in [0.15, 0.2) is 0 Å². The third-order valence-electron chi connectivity index (χ3n) is 25.5. The highest BCUT2D eigenvalue weighted by Gasteiger charge is 2.22. The lowest BCUT2D eigenvalue weighted by atomic mass is 9.86. The van der Waals surface area contributed by atoms with Gasteiger partial charge in [0, 0.05) is 70.6 Å². The van der Waals surface area contributed by atoms with Gasteiger partial charge in [-0.2, -0.15) is 0 Å². The second-order valence-electron chi connectivity index (χ2n) is 33.2. The van der Waals surface area contributed by atoms with Gasteiger partial charge >= 0.3 is 0 Å². The highest BCUT2D eigenvalue weighted by Crippen LogP contribution is 2.47. The molecule has 0 saturated carbocycles. The van der Waals surface area contributed by atoms with Crippen LogP contribution in [0, 0.1) is 0 Å². The molecule has 0 radical (unpaired) electrons. The van der Waals surface area contributed by atoms with Gasteiger partial charge in [-0.05, 0) is 291 Å². The van der Waals surface area contributed by atoms with Crippen LogP contribution in [0.1, 0.15) is 127 Å². The Bertz CT molecular complexity index is 6090. The Labute approximate surface area is 731 Å². The minimum Gasteiger partial charge on any atom is -0.256 e. The molecule has 6 heteroatoms. The van der Waals surface area contributed by atoms with E-state index in [0.29, 0.717) is 23.7 Å². The summed E-state index contributed by atoms with van der Waals surface area (Å²) in [7, 11) is 0. The van der Waals surface area contributed by atoms with E-state index in [1.54, 1.807) is 0 Å². The Morgan fingerprint density at radius 3 is 0.508 bits per heavy atom. The van der Waals surface area contributed by atoms with Gasteiger partial charge in [-0.25, -0.2) is 0 Å². The van der Waals surface area contributed by atoms with Gasteiger partial charge in [-0.1, -0.05) is 310 Å². The van der Waals surface area contributed by atoms with Crippen LogP contribution in [0.4, 0.5) is 0 Å². The topological polar surface area (TPSA) is 77.3 Å². The minimum absolute atomic E-state index is 0.454. The normalized spacial score (nSPS) is 12.4. The van der Waals surface area contributed by atoms with Crippen molar-refractivity contribution in [1.82, 2.24) is 29.9 Å². The zero-order valence-corrected chi connectivity index (χ0v) is 71.8. The van der Waals surface area contributed by atoms with E-state index in [9.17, 15) is 0 Å². The third-order valence-corrected chi connectivity index (χ3v) is 25.5. The number of hydrogen-bond donors (Lipinski definition) is 0. The molecule has 0 aliphatic carbocycles. The first-order valence-electron chi connectivity index (χ1n) is 44.0. The highest BCUT2D eigenvalue weighted by atomic mass is 14.8. The predicted octanol–water partition coefficient (Wildman–Crippen LogP) is 32.4. The molecule has 0 saturated heterocycles. The number of aromatic nitrogens is 6. The summed E-state index contributed by atoms with van der Waals surface area (Å²) in [5.41, 5.74) is 41.8. The van der Waals surface area contributed by atoms with E-state index in [0.717, 1.165) is 216 Å². The maximum atomic E-state index is 5.25. The molecule has 0 spiro atoms. The average Bonchev–Trinajstić information content (AvgIpc) is 0.778. The van der Waals surface area contributed by atoms with Gasteiger partial charge in [-0.3, -0.25) is 29.9 Å². The SMILES string of the molecule is CCC(C)c1ccnc(-c2ccc(-c3ccccc3-c3cc(-c4ccccc4-c4ccc(-c5cc(C(C)CC)ccn5)cc4)cc(-c4ccccc4-c4ccc(-c5ccc(-c6ccccc6-c6cc(-c7ccccc7-c7ccc(-c8cc(C(C)CC)ccn8)cc7)cc(-c7ccccc7-c7ccc(-c8cc(C(C)CC)ccn8)cc7)c6)cn5)nc4)c3)cc2)c1. The number of rotatable bonds is 25. The maximum Gasteiger partial charge on any atom is 0.0886 e. The zero-order chi connectivity index (χ0) is 84.6. The van der Waals surface area contributed by atoms with Crippen molar-refractivity contribution in [1.29, 1.82) is 0 Å². The van der Waals surface area contributed by atoms with Gasteiger partial charge in [-0.15, -0.1) is 0 Å². The first-order valence-corrected chi connectivity index (χ1v) is 44.0. The van der Waals surface area contributed by atoms with Crippen molar-refractivity contribution in [3.8, 4) is 190 Å². The number of pyridine rings is 6. The molecule has 6 nitrogen and oxygen atoms in total. The fourth-order valence-electron chi connectivity index (χ4n) is 17.4. The van der Waals surface area contributed by atoms with Crippen molar-refractivity contribution >= 4 is 0 Å². The van der Waals surface area contributed by atoms with Crippen molar-refractivity contribution < 1.29 is 0 Å². The molecule has 0 fully saturated rings. The summed E-state index contributed by atoms with van der Waals surface area (Å²) in [6, 6.07) is 129. The molecule has 602 valence electrons. The van der Waals surface area contributed by atoms with Crippen LogP contribution >= 0.6 is 0 Å². The molecule has 124 heavy (non-hydrogen) atoms. The smallest absolute Gasteiger partial charge is 0.0886 e. The molecule has 6 aromatic heterocycles. The van der Waals surface area contributed by atoms with E-state index < -0.39 is 0 Å². The molecule has 0 bridgehead atoms. The fraction of sp³-hybridized carbons (Fsp3) is 0.136. The molecule has 0 amide bonds. The van der Waals surface area contributed by atoms with Crippen LogP contribution in [0.5, 0.6) is 0 Å². The van der Waals surface area contributed by atoms with E-state index in [-0.39, 0.29) is 0 Å². The van der Waals surface area contributed by atoms with E-state index in [4.69, 9.17) is 29.9 Å². The Morgan fingerprint density at radius 1 is 0.161 bits per heavy atom. The summed E-state index contributed by atoms with van der Waals surface area (Å²) >= 11 is 0. The van der Waals surface area contributed by atoms with Crippen LogP contribution in [-0.2, 0) is 0 Å². The van der Waals surface area contributed by atoms with Crippen molar-refractivity contribution in [2.75, 3.05) is 0 Å². The van der Waals surface area contributed by atoms with Crippen molar-refractivity contribution in [3.63, 3.8) is 0 Å². The second kappa shape index (κ2) is 36.5. The Balaban J connectivity index is 0.687. The van der Waals surface area contributed by atoms with Crippen LogP contribution in [0.2, 0.25) is 0 Å². The highest BCUT2D eigenvalue weighted by molar-refractivity contribution is 5.97. The van der Waals surface area contributed by atoms with E-state index >= 15 is 0 Å².